The first-order valence-electron chi connectivity index (χ1n) is 16.3. The Morgan fingerprint density at radius 3 is 1.66 bits per heavy atom. The van der Waals surface area contributed by atoms with Gasteiger partial charge >= 0.3 is 159 Å². The van der Waals surface area contributed by atoms with Crippen LogP contribution in [0.3, 0.4) is 0 Å². The van der Waals surface area contributed by atoms with Gasteiger partial charge in [0, 0.05) is 24.5 Å². The molecule has 1 saturated heterocycles. The van der Waals surface area contributed by atoms with Gasteiger partial charge < -0.3 is 9.80 Å². The summed E-state index contributed by atoms with van der Waals surface area (Å²) in [7, 11) is 8.43. The smallest absolute Gasteiger partial charge is 0.0146 e. The van der Waals surface area contributed by atoms with Gasteiger partial charge in [-0.3, -0.25) is 0 Å². The molecular formula is C37H52Cl2N3O3RuS-. The quantitative estimate of drug-likeness (QED) is 0.143. The standard InChI is InChI=1S/C21H27N2.C16H25NO3S.2ClH.Ru/c1-14-9-16(3)20(17(4)10-14)22-7-8-23(13-22)21-18(5)11-15(2)12-19(21)6;1-6-10-17(11-7-2)21(18,19)15-8-9-16(14(5)12-15)20-13(3)4;;;/h9-13H,7-8H2,1-6H3;5,8-9,12-13H,6-7,10-11H2,1-4H3;2*1H;/q-1;;;;+2/p-2. The fourth-order valence-electron chi connectivity index (χ4n) is 6.30. The van der Waals surface area contributed by atoms with E-state index in [2.05, 4.69) is 82.3 Å². The van der Waals surface area contributed by atoms with Crippen molar-refractivity contribution in [2.24, 2.45) is 0 Å². The molecule has 0 aliphatic carbocycles. The second-order valence-corrected chi connectivity index (χ2v) is 20.2. The van der Waals surface area contributed by atoms with Crippen molar-refractivity contribution in [2.45, 2.75) is 93.1 Å². The normalized spacial score (nSPS) is 13.6. The van der Waals surface area contributed by atoms with Crippen molar-refractivity contribution in [3.63, 3.8) is 0 Å². The Morgan fingerprint density at radius 1 is 0.830 bits per heavy atom. The molecular weight excluding hydrogens is 738 g/mol. The fourth-order valence-corrected chi connectivity index (χ4v) is 9.74. The maximum absolute atomic E-state index is 12.9. The van der Waals surface area contributed by atoms with Gasteiger partial charge in [0.05, 0.1) is 0 Å². The Balaban J connectivity index is 0.000000255. The van der Waals surface area contributed by atoms with Crippen LogP contribution in [0.4, 0.5) is 11.4 Å². The molecule has 0 atom stereocenters. The van der Waals surface area contributed by atoms with Crippen molar-refractivity contribution in [2.75, 3.05) is 36.0 Å². The number of anilines is 2. The SMILES string of the molecule is CCCN(CCC)S(=O)(=O)c1ccc(OC(C)C)c([CH]=[Ru]([Cl])[Cl])c1.Cc1cc(C)c(N2[CH-]N(c3c(C)cc(C)cc3C)CC2)c(C)c1. The first kappa shape index (κ1) is 39.5. The molecule has 262 valence electrons. The Kier molecular flexibility index (Phi) is 14.8. The monoisotopic (exact) mass is 790 g/mol. The summed E-state index contributed by atoms with van der Waals surface area (Å²) in [6.45, 7) is 26.3. The van der Waals surface area contributed by atoms with Crippen LogP contribution in [0, 0.1) is 48.2 Å². The van der Waals surface area contributed by atoms with Crippen molar-refractivity contribution >= 4 is 45.4 Å². The summed E-state index contributed by atoms with van der Waals surface area (Å²) in [6.07, 6.45) is 1.51. The second kappa shape index (κ2) is 17.6. The van der Waals surface area contributed by atoms with E-state index in [0.717, 1.165) is 25.9 Å². The number of hydrogen-bond donors (Lipinski definition) is 0. The first-order chi connectivity index (χ1) is 22.1. The number of ether oxygens (including phenoxy) is 1. The largest absolute Gasteiger partial charge is 0.502 e. The summed E-state index contributed by atoms with van der Waals surface area (Å²) >= 11 is -2.11. The summed E-state index contributed by atoms with van der Waals surface area (Å²) < 4.78 is 34.8. The topological polar surface area (TPSA) is 53.1 Å². The number of sulfonamides is 1. The van der Waals surface area contributed by atoms with Crippen LogP contribution in [0.5, 0.6) is 5.75 Å². The molecule has 3 aromatic rings. The minimum atomic E-state index is -3.54. The molecule has 0 unspecified atom stereocenters. The van der Waals surface area contributed by atoms with E-state index in [0.29, 0.717) is 24.4 Å². The van der Waals surface area contributed by atoms with E-state index in [1.807, 2.05) is 27.7 Å². The van der Waals surface area contributed by atoms with E-state index in [9.17, 15) is 8.42 Å². The molecule has 0 bridgehead atoms. The van der Waals surface area contributed by atoms with Crippen molar-refractivity contribution in [1.29, 1.82) is 0 Å². The third kappa shape index (κ3) is 10.5. The summed E-state index contributed by atoms with van der Waals surface area (Å²) in [5.74, 6) is 0.599. The van der Waals surface area contributed by atoms with Gasteiger partial charge in [-0.2, -0.15) is 6.67 Å². The number of aryl methyl sites for hydroxylation is 6. The van der Waals surface area contributed by atoms with E-state index in [1.54, 1.807) is 22.8 Å². The predicted molar refractivity (Wildman–Crippen MR) is 199 cm³/mol. The van der Waals surface area contributed by atoms with Crippen LogP contribution in [0.1, 0.15) is 79.5 Å². The van der Waals surface area contributed by atoms with Crippen LogP contribution >= 0.6 is 19.4 Å². The summed E-state index contributed by atoms with van der Waals surface area (Å²) in [5, 5.41) is 0. The number of hydrogen-bond acceptors (Lipinski definition) is 5. The van der Waals surface area contributed by atoms with Gasteiger partial charge in [0.25, 0.3) is 0 Å². The van der Waals surface area contributed by atoms with Gasteiger partial charge in [-0.05, 0) is 63.8 Å². The van der Waals surface area contributed by atoms with E-state index in [4.69, 9.17) is 24.1 Å². The maximum atomic E-state index is 12.9. The van der Waals surface area contributed by atoms with Crippen LogP contribution in [0.2, 0.25) is 0 Å². The van der Waals surface area contributed by atoms with Crippen LogP contribution in [-0.2, 0) is 23.5 Å². The van der Waals surface area contributed by atoms with Crippen molar-refractivity contribution in [3.05, 3.63) is 88.1 Å². The summed E-state index contributed by atoms with van der Waals surface area (Å²) in [5.41, 5.74) is 11.5. The third-order valence-electron chi connectivity index (χ3n) is 7.82. The molecule has 6 nitrogen and oxygen atoms in total. The minimum Gasteiger partial charge on any atom is -0.502 e. The van der Waals surface area contributed by atoms with Crippen LogP contribution in [0.15, 0.2) is 47.4 Å². The van der Waals surface area contributed by atoms with E-state index in [-0.39, 0.29) is 11.0 Å². The molecule has 10 heteroatoms. The zero-order chi connectivity index (χ0) is 35.1. The van der Waals surface area contributed by atoms with Gasteiger partial charge in [-0.15, -0.1) is 0 Å². The van der Waals surface area contributed by atoms with Gasteiger partial charge in [0.2, 0.25) is 0 Å². The van der Waals surface area contributed by atoms with E-state index in [1.165, 1.54) is 49.1 Å². The van der Waals surface area contributed by atoms with Crippen molar-refractivity contribution in [3.8, 4) is 5.75 Å². The Bertz CT molecular complexity index is 1560. The molecule has 3 aromatic carbocycles. The average Bonchev–Trinajstić information content (AvgIpc) is 3.41. The van der Waals surface area contributed by atoms with Crippen LogP contribution < -0.4 is 14.5 Å². The number of rotatable bonds is 11. The first-order valence-corrected chi connectivity index (χ1v) is 23.2. The Morgan fingerprint density at radius 2 is 1.28 bits per heavy atom. The molecule has 47 heavy (non-hydrogen) atoms. The van der Waals surface area contributed by atoms with E-state index >= 15 is 0 Å². The third-order valence-corrected chi connectivity index (χ3v) is 11.5. The van der Waals surface area contributed by atoms with Crippen molar-refractivity contribution < 1.29 is 26.7 Å². The fraction of sp³-hybridized carbons (Fsp3) is 0.459. The minimum absolute atomic E-state index is 0.0254. The van der Waals surface area contributed by atoms with Gasteiger partial charge in [0.15, 0.2) is 0 Å². The van der Waals surface area contributed by atoms with Gasteiger partial charge in [0.1, 0.15) is 0 Å². The molecule has 0 N–H and O–H groups in total. The number of nitrogens with zero attached hydrogens (tertiary/aromatic N) is 3. The van der Waals surface area contributed by atoms with Gasteiger partial charge in [-0.25, -0.2) is 0 Å². The molecule has 0 radical (unpaired) electrons. The molecule has 0 aromatic heterocycles. The Hall–Kier alpha value is -1.96. The zero-order valence-electron chi connectivity index (χ0n) is 29.6. The second-order valence-electron chi connectivity index (χ2n) is 12.6. The molecule has 0 saturated carbocycles. The number of halogens is 2. The van der Waals surface area contributed by atoms with Crippen LogP contribution in [-0.4, -0.2) is 49.6 Å². The molecule has 1 fully saturated rings. The summed E-state index contributed by atoms with van der Waals surface area (Å²) in [6, 6.07) is 14.0. The molecule has 1 heterocycles. The molecule has 0 spiro atoms. The van der Waals surface area contributed by atoms with Gasteiger partial charge in [-0.1, -0.05) is 35.4 Å². The molecule has 0 amide bonds. The average molecular weight is 791 g/mol. The van der Waals surface area contributed by atoms with Crippen LogP contribution in [0.25, 0.3) is 0 Å². The molecule has 1 aliphatic heterocycles. The Labute approximate surface area is 297 Å². The molecule has 1 aliphatic rings. The number of benzene rings is 3. The van der Waals surface area contributed by atoms with E-state index < -0.39 is 23.5 Å². The molecule has 4 rings (SSSR count). The maximum Gasteiger partial charge on any atom is 0.0146 e. The predicted octanol–water partition coefficient (Wildman–Crippen LogP) is 9.34. The summed E-state index contributed by atoms with van der Waals surface area (Å²) in [4.78, 5) is 5.06. The van der Waals surface area contributed by atoms with Crippen molar-refractivity contribution in [1.82, 2.24) is 4.31 Å². The zero-order valence-corrected chi connectivity index (χ0v) is 33.7.